The summed E-state index contributed by atoms with van der Waals surface area (Å²) in [7, 11) is 1.82. The normalized spacial score (nSPS) is 12.5. The maximum absolute atomic E-state index is 14.3. The zero-order valence-electron chi connectivity index (χ0n) is 11.2. The van der Waals surface area contributed by atoms with Crippen LogP contribution >= 0.6 is 15.9 Å². The molecule has 100 valence electrons. The van der Waals surface area contributed by atoms with Crippen molar-refractivity contribution in [3.63, 3.8) is 0 Å². The fourth-order valence-corrected chi connectivity index (χ4v) is 2.74. The van der Waals surface area contributed by atoms with Crippen molar-refractivity contribution in [2.75, 3.05) is 7.05 Å². The summed E-state index contributed by atoms with van der Waals surface area (Å²) in [5, 5.41) is 3.16. The van der Waals surface area contributed by atoms with E-state index in [0.29, 0.717) is 5.56 Å². The van der Waals surface area contributed by atoms with Crippen LogP contribution < -0.4 is 5.32 Å². The summed E-state index contributed by atoms with van der Waals surface area (Å²) in [4.78, 5) is 4.15. The van der Waals surface area contributed by atoms with Crippen LogP contribution in [0.1, 0.15) is 28.3 Å². The molecule has 1 N–H and O–H groups in total. The molecule has 2 rings (SSSR count). The summed E-state index contributed by atoms with van der Waals surface area (Å²) in [6.45, 7) is 3.83. The number of rotatable bonds is 3. The second kappa shape index (κ2) is 5.80. The molecule has 1 unspecified atom stereocenters. The highest BCUT2D eigenvalue weighted by atomic mass is 79.9. The quantitative estimate of drug-likeness (QED) is 0.926. The first-order valence-electron chi connectivity index (χ1n) is 6.07. The lowest BCUT2D eigenvalue weighted by atomic mass is 9.94. The van der Waals surface area contributed by atoms with E-state index in [1.807, 2.05) is 33.0 Å². The molecule has 1 heterocycles. The lowest BCUT2D eigenvalue weighted by Crippen LogP contribution is -2.20. The molecular formula is C15H16BrFN2. The Balaban J connectivity index is 2.54. The van der Waals surface area contributed by atoms with Crippen molar-refractivity contribution in [2.24, 2.45) is 0 Å². The monoisotopic (exact) mass is 322 g/mol. The molecule has 0 aliphatic heterocycles. The minimum absolute atomic E-state index is 0.183. The number of aromatic nitrogens is 1. The molecule has 1 atom stereocenters. The smallest absolute Gasteiger partial charge is 0.128 e. The molecule has 2 aromatic rings. The third-order valence-electron chi connectivity index (χ3n) is 3.12. The van der Waals surface area contributed by atoms with Crippen molar-refractivity contribution < 1.29 is 4.39 Å². The number of benzene rings is 1. The molecule has 0 radical (unpaired) electrons. The van der Waals surface area contributed by atoms with Gasteiger partial charge in [0.25, 0.3) is 0 Å². The van der Waals surface area contributed by atoms with Gasteiger partial charge in [0.15, 0.2) is 0 Å². The number of halogens is 2. The van der Waals surface area contributed by atoms with E-state index in [1.54, 1.807) is 18.5 Å². The number of hydrogen-bond donors (Lipinski definition) is 1. The van der Waals surface area contributed by atoms with Crippen molar-refractivity contribution in [1.82, 2.24) is 10.3 Å². The van der Waals surface area contributed by atoms with Gasteiger partial charge in [-0.2, -0.15) is 0 Å². The summed E-state index contributed by atoms with van der Waals surface area (Å²) in [5.74, 6) is -0.183. The Bertz CT molecular complexity index is 575. The van der Waals surface area contributed by atoms with E-state index in [1.165, 1.54) is 0 Å². The molecule has 0 fully saturated rings. The van der Waals surface area contributed by atoms with Crippen molar-refractivity contribution in [1.29, 1.82) is 0 Å². The number of aryl methyl sites for hydroxylation is 2. The number of nitrogens with zero attached hydrogens (tertiary/aromatic N) is 1. The highest BCUT2D eigenvalue weighted by Gasteiger charge is 2.19. The second-order valence-electron chi connectivity index (χ2n) is 4.64. The Kier molecular flexibility index (Phi) is 4.32. The topological polar surface area (TPSA) is 24.9 Å². The van der Waals surface area contributed by atoms with Crippen LogP contribution in [-0.2, 0) is 0 Å². The van der Waals surface area contributed by atoms with Crippen LogP contribution in [0.3, 0.4) is 0 Å². The molecule has 0 saturated carbocycles. The van der Waals surface area contributed by atoms with Gasteiger partial charge in [0, 0.05) is 22.4 Å². The Labute approximate surface area is 121 Å². The van der Waals surface area contributed by atoms with Crippen LogP contribution in [0.15, 0.2) is 35.1 Å². The molecule has 0 amide bonds. The lowest BCUT2D eigenvalue weighted by molar-refractivity contribution is 0.571. The van der Waals surface area contributed by atoms with Crippen LogP contribution in [0.2, 0.25) is 0 Å². The van der Waals surface area contributed by atoms with E-state index in [-0.39, 0.29) is 11.9 Å². The molecule has 0 aliphatic carbocycles. The van der Waals surface area contributed by atoms with Gasteiger partial charge in [-0.25, -0.2) is 4.39 Å². The first-order valence-corrected chi connectivity index (χ1v) is 6.86. The van der Waals surface area contributed by atoms with Crippen LogP contribution in [0, 0.1) is 19.7 Å². The van der Waals surface area contributed by atoms with Gasteiger partial charge in [0.05, 0.1) is 6.04 Å². The maximum atomic E-state index is 14.3. The van der Waals surface area contributed by atoms with Gasteiger partial charge in [-0.15, -0.1) is 0 Å². The Morgan fingerprint density at radius 3 is 2.53 bits per heavy atom. The zero-order chi connectivity index (χ0) is 14.0. The van der Waals surface area contributed by atoms with E-state index >= 15 is 0 Å². The predicted octanol–water partition coefficient (Wildman–Crippen LogP) is 3.91. The lowest BCUT2D eigenvalue weighted by Gasteiger charge is -2.20. The fraction of sp³-hybridized carbons (Fsp3) is 0.267. The SMILES string of the molecule is CNC(c1cncc(Br)c1)c1c(C)cc(C)cc1F. The molecule has 0 saturated heterocycles. The molecule has 1 aromatic carbocycles. The first-order chi connectivity index (χ1) is 9.02. The highest BCUT2D eigenvalue weighted by molar-refractivity contribution is 9.10. The van der Waals surface area contributed by atoms with Crippen LogP contribution in [0.5, 0.6) is 0 Å². The van der Waals surface area contributed by atoms with Gasteiger partial charge in [-0.3, -0.25) is 4.98 Å². The molecule has 0 spiro atoms. The molecule has 4 heteroatoms. The van der Waals surface area contributed by atoms with Gasteiger partial charge >= 0.3 is 0 Å². The van der Waals surface area contributed by atoms with Gasteiger partial charge in [0.1, 0.15) is 5.82 Å². The summed E-state index contributed by atoms with van der Waals surface area (Å²) >= 11 is 3.40. The van der Waals surface area contributed by atoms with Gasteiger partial charge in [-0.1, -0.05) is 6.07 Å². The minimum Gasteiger partial charge on any atom is -0.309 e. The maximum Gasteiger partial charge on any atom is 0.128 e. The van der Waals surface area contributed by atoms with Gasteiger partial charge < -0.3 is 5.32 Å². The third-order valence-corrected chi connectivity index (χ3v) is 3.55. The first kappa shape index (κ1) is 14.2. The number of pyridine rings is 1. The summed E-state index contributed by atoms with van der Waals surface area (Å²) in [6, 6.07) is 5.31. The largest absolute Gasteiger partial charge is 0.309 e. The predicted molar refractivity (Wildman–Crippen MR) is 78.7 cm³/mol. The van der Waals surface area contributed by atoms with Crippen molar-refractivity contribution >= 4 is 15.9 Å². The van der Waals surface area contributed by atoms with Gasteiger partial charge in [-0.05, 0) is 65.6 Å². The van der Waals surface area contributed by atoms with E-state index < -0.39 is 0 Å². The van der Waals surface area contributed by atoms with E-state index in [4.69, 9.17) is 0 Å². The average molecular weight is 323 g/mol. The molecule has 0 bridgehead atoms. The van der Waals surface area contributed by atoms with Crippen LogP contribution in [0.25, 0.3) is 0 Å². The second-order valence-corrected chi connectivity index (χ2v) is 5.55. The summed E-state index contributed by atoms with van der Waals surface area (Å²) in [6.07, 6.45) is 3.47. The van der Waals surface area contributed by atoms with E-state index in [9.17, 15) is 4.39 Å². The van der Waals surface area contributed by atoms with Crippen LogP contribution in [0.4, 0.5) is 4.39 Å². The number of nitrogens with one attached hydrogen (secondary N) is 1. The number of hydrogen-bond acceptors (Lipinski definition) is 2. The highest BCUT2D eigenvalue weighted by Crippen LogP contribution is 2.28. The summed E-state index contributed by atoms with van der Waals surface area (Å²) < 4.78 is 15.1. The molecule has 0 aliphatic rings. The summed E-state index contributed by atoms with van der Waals surface area (Å²) in [5.41, 5.74) is 3.48. The van der Waals surface area contributed by atoms with Crippen molar-refractivity contribution in [3.05, 3.63) is 63.1 Å². The minimum atomic E-state index is -0.203. The molecular weight excluding hydrogens is 307 g/mol. The molecule has 2 nitrogen and oxygen atoms in total. The van der Waals surface area contributed by atoms with Crippen LogP contribution in [-0.4, -0.2) is 12.0 Å². The Hall–Kier alpha value is -1.26. The van der Waals surface area contributed by atoms with E-state index in [2.05, 4.69) is 26.2 Å². The van der Waals surface area contributed by atoms with Gasteiger partial charge in [0.2, 0.25) is 0 Å². The fourth-order valence-electron chi connectivity index (χ4n) is 2.36. The zero-order valence-corrected chi connectivity index (χ0v) is 12.8. The van der Waals surface area contributed by atoms with E-state index in [0.717, 1.165) is 21.2 Å². The molecule has 1 aromatic heterocycles. The standard InChI is InChI=1S/C15H16BrFN2/c1-9-4-10(2)14(13(17)5-9)15(18-3)11-6-12(16)8-19-7-11/h4-8,15,18H,1-3H3. The van der Waals surface area contributed by atoms with Crippen molar-refractivity contribution in [3.8, 4) is 0 Å². The Morgan fingerprint density at radius 2 is 1.95 bits per heavy atom. The Morgan fingerprint density at radius 1 is 1.21 bits per heavy atom. The van der Waals surface area contributed by atoms with Crippen molar-refractivity contribution in [2.45, 2.75) is 19.9 Å². The average Bonchev–Trinajstić information content (AvgIpc) is 2.33. The third kappa shape index (κ3) is 3.01. The molecule has 19 heavy (non-hydrogen) atoms.